The highest BCUT2D eigenvalue weighted by atomic mass is 79.9. The van der Waals surface area contributed by atoms with Crippen LogP contribution in [0.5, 0.6) is 0 Å². The molecule has 0 aromatic heterocycles. The van der Waals surface area contributed by atoms with Crippen LogP contribution in [0.1, 0.15) is 29.4 Å². The van der Waals surface area contributed by atoms with E-state index in [2.05, 4.69) is 79.6 Å². The summed E-state index contributed by atoms with van der Waals surface area (Å²) in [6.07, 6.45) is 1.27. The Bertz CT molecular complexity index is 546. The zero-order chi connectivity index (χ0) is 12.3. The van der Waals surface area contributed by atoms with E-state index in [1.807, 2.05) is 0 Å². The minimum Gasteiger partial charge on any atom is -0.137 e. The van der Waals surface area contributed by atoms with Crippen molar-refractivity contribution in [1.29, 1.82) is 0 Å². The second kappa shape index (κ2) is 4.31. The van der Waals surface area contributed by atoms with Crippen LogP contribution >= 0.6 is 55.4 Å². The Labute approximate surface area is 133 Å². The molecule has 2 aliphatic carbocycles. The molecule has 1 heterocycles. The summed E-state index contributed by atoms with van der Waals surface area (Å²) in [7, 11) is 0. The highest BCUT2D eigenvalue weighted by molar-refractivity contribution is 9.14. The summed E-state index contributed by atoms with van der Waals surface area (Å²) in [5.74, 6) is 3.78. The van der Waals surface area contributed by atoms with Gasteiger partial charge in [0.15, 0.2) is 0 Å². The molecule has 0 N–H and O–H groups in total. The quantitative estimate of drug-likeness (QED) is 0.564. The second-order valence-electron chi connectivity index (χ2n) is 5.00. The van der Waals surface area contributed by atoms with Crippen LogP contribution in [0.4, 0.5) is 0 Å². The number of hydrogen-bond acceptors (Lipinski definition) is 2. The maximum Gasteiger partial charge on any atom is 0.100 e. The lowest BCUT2D eigenvalue weighted by atomic mass is 9.91. The Kier molecular flexibility index (Phi) is 2.96. The third-order valence-electron chi connectivity index (χ3n) is 4.21. The summed E-state index contributed by atoms with van der Waals surface area (Å²) < 4.78 is 3.02. The van der Waals surface area contributed by atoms with E-state index in [-0.39, 0.29) is 4.08 Å². The number of rotatable bonds is 0. The summed E-state index contributed by atoms with van der Waals surface area (Å²) >= 11 is 12.0. The molecule has 0 saturated carbocycles. The van der Waals surface area contributed by atoms with Crippen molar-refractivity contribution in [2.75, 3.05) is 11.5 Å². The lowest BCUT2D eigenvalue weighted by molar-refractivity contribution is 0.607. The molecule has 18 heavy (non-hydrogen) atoms. The van der Waals surface area contributed by atoms with Crippen LogP contribution in [0, 0.1) is 0 Å². The minimum atomic E-state index is 0.238. The summed E-state index contributed by atoms with van der Waals surface area (Å²) in [5, 5.41) is 0. The van der Waals surface area contributed by atoms with Gasteiger partial charge >= 0.3 is 0 Å². The van der Waals surface area contributed by atoms with E-state index >= 15 is 0 Å². The molecule has 1 fully saturated rings. The molecule has 94 valence electrons. The fourth-order valence-electron chi connectivity index (χ4n) is 3.46. The van der Waals surface area contributed by atoms with E-state index < -0.39 is 0 Å². The zero-order valence-electron chi connectivity index (χ0n) is 9.66. The first kappa shape index (κ1) is 12.4. The molecule has 4 heteroatoms. The topological polar surface area (TPSA) is 0 Å². The van der Waals surface area contributed by atoms with Gasteiger partial charge in [-0.1, -0.05) is 56.1 Å². The van der Waals surface area contributed by atoms with Crippen LogP contribution < -0.4 is 0 Å². The van der Waals surface area contributed by atoms with E-state index in [1.54, 1.807) is 5.56 Å². The molecular weight excluding hydrogens is 392 g/mol. The van der Waals surface area contributed by atoms with Crippen LogP contribution in [0.2, 0.25) is 0 Å². The van der Waals surface area contributed by atoms with Gasteiger partial charge in [-0.25, -0.2) is 0 Å². The van der Waals surface area contributed by atoms with Gasteiger partial charge < -0.3 is 0 Å². The molecule has 2 atom stereocenters. The van der Waals surface area contributed by atoms with Crippen LogP contribution in [0.25, 0.3) is 0 Å². The van der Waals surface area contributed by atoms with Crippen LogP contribution in [0.3, 0.4) is 0 Å². The molecule has 0 unspecified atom stereocenters. The Morgan fingerprint density at radius 1 is 1.06 bits per heavy atom. The van der Waals surface area contributed by atoms with Gasteiger partial charge in [0.1, 0.15) is 4.08 Å². The average Bonchev–Trinajstić information content (AvgIpc) is 3.00. The number of hydrogen-bond donors (Lipinski definition) is 0. The van der Waals surface area contributed by atoms with Gasteiger partial charge in [0.05, 0.1) is 0 Å². The van der Waals surface area contributed by atoms with E-state index in [1.165, 1.54) is 32.5 Å². The number of allylic oxidation sites excluding steroid dienone is 1. The van der Waals surface area contributed by atoms with Crippen molar-refractivity contribution >= 4 is 55.4 Å². The highest BCUT2D eigenvalue weighted by Crippen LogP contribution is 2.69. The normalized spacial score (nSPS) is 32.1. The van der Waals surface area contributed by atoms with E-state index in [0.717, 1.165) is 0 Å². The van der Waals surface area contributed by atoms with Crippen LogP contribution in [-0.4, -0.2) is 15.6 Å². The van der Waals surface area contributed by atoms with Gasteiger partial charge in [0, 0.05) is 32.3 Å². The lowest BCUT2D eigenvalue weighted by Crippen LogP contribution is -2.29. The van der Waals surface area contributed by atoms with Crippen LogP contribution in [-0.2, 0) is 0 Å². The maximum absolute atomic E-state index is 3.91. The van der Waals surface area contributed by atoms with E-state index in [0.29, 0.717) is 11.8 Å². The molecule has 1 spiro atoms. The summed E-state index contributed by atoms with van der Waals surface area (Å²) in [4.78, 5) is 0. The monoisotopic (exact) mass is 402 g/mol. The molecule has 1 aromatic rings. The van der Waals surface area contributed by atoms with Gasteiger partial charge in [-0.05, 0) is 17.5 Å². The number of fused-ring (bicyclic) bond motifs is 6. The minimum absolute atomic E-state index is 0.238. The molecule has 1 saturated heterocycles. The first-order valence-electron chi connectivity index (χ1n) is 6.16. The van der Waals surface area contributed by atoms with Gasteiger partial charge in [-0.3, -0.25) is 0 Å². The molecule has 2 bridgehead atoms. The molecule has 4 rings (SSSR count). The molecular formula is C14H12Br2S2. The zero-order valence-corrected chi connectivity index (χ0v) is 14.5. The van der Waals surface area contributed by atoms with Crippen molar-refractivity contribution in [1.82, 2.24) is 0 Å². The second-order valence-corrected chi connectivity index (χ2v) is 9.58. The lowest BCUT2D eigenvalue weighted by Gasteiger charge is -2.38. The predicted molar refractivity (Wildman–Crippen MR) is 89.1 cm³/mol. The predicted octanol–water partition coefficient (Wildman–Crippen LogP) is 5.45. The number of halogens is 2. The molecule has 1 aromatic carbocycles. The molecule has 0 amide bonds. The molecule has 0 radical (unpaired) electrons. The summed E-state index contributed by atoms with van der Waals surface area (Å²) in [6.45, 7) is 0. The van der Waals surface area contributed by atoms with Crippen molar-refractivity contribution in [2.45, 2.75) is 22.3 Å². The summed E-state index contributed by atoms with van der Waals surface area (Å²) in [6, 6.07) is 9.02. The van der Waals surface area contributed by atoms with Crippen molar-refractivity contribution < 1.29 is 0 Å². The van der Waals surface area contributed by atoms with E-state index in [4.69, 9.17) is 0 Å². The van der Waals surface area contributed by atoms with E-state index in [9.17, 15) is 0 Å². The highest BCUT2D eigenvalue weighted by Gasteiger charge is 2.55. The average molecular weight is 404 g/mol. The van der Waals surface area contributed by atoms with Gasteiger partial charge in [0.2, 0.25) is 0 Å². The van der Waals surface area contributed by atoms with Crippen molar-refractivity contribution in [3.05, 3.63) is 44.4 Å². The van der Waals surface area contributed by atoms with Crippen LogP contribution in [0.15, 0.2) is 33.2 Å². The largest absolute Gasteiger partial charge is 0.137 e. The number of benzene rings is 1. The SMILES string of the molecule is BrC1=C(Br)C2(SCCS2)[C@H]2C[C@@H]1c1ccccc12. The Balaban J connectivity index is 1.97. The maximum atomic E-state index is 3.91. The Morgan fingerprint density at radius 3 is 2.44 bits per heavy atom. The third-order valence-corrected chi connectivity index (χ3v) is 10.9. The molecule has 3 aliphatic rings. The molecule has 0 nitrogen and oxygen atoms in total. The first-order valence-corrected chi connectivity index (χ1v) is 9.72. The van der Waals surface area contributed by atoms with Crippen molar-refractivity contribution in [3.63, 3.8) is 0 Å². The van der Waals surface area contributed by atoms with Gasteiger partial charge in [0.25, 0.3) is 0 Å². The smallest absolute Gasteiger partial charge is 0.100 e. The Hall–Kier alpha value is 0.620. The molecule has 1 aliphatic heterocycles. The van der Waals surface area contributed by atoms with Gasteiger partial charge in [-0.2, -0.15) is 0 Å². The first-order chi connectivity index (χ1) is 8.74. The third kappa shape index (κ3) is 1.46. The standard InChI is InChI=1S/C14H12Br2S2/c15-12-10-7-11(9-4-2-1-3-8(9)10)14(13(12)16)17-5-6-18-14/h1-4,10-11H,5-7H2/t10-,11+/m1/s1. The van der Waals surface area contributed by atoms with Crippen molar-refractivity contribution in [3.8, 4) is 0 Å². The van der Waals surface area contributed by atoms with Crippen molar-refractivity contribution in [2.24, 2.45) is 0 Å². The number of thioether (sulfide) groups is 2. The fraction of sp³-hybridized carbons (Fsp3) is 0.429. The van der Waals surface area contributed by atoms with Gasteiger partial charge in [-0.15, -0.1) is 23.5 Å². The fourth-order valence-corrected chi connectivity index (χ4v) is 9.14. The summed E-state index contributed by atoms with van der Waals surface area (Å²) in [5.41, 5.74) is 3.12. The Morgan fingerprint density at radius 2 is 1.72 bits per heavy atom.